The molecular formula is C23H21N5O4. The Morgan fingerprint density at radius 1 is 1.22 bits per heavy atom. The second kappa shape index (κ2) is 8.81. The van der Waals surface area contributed by atoms with Crippen LogP contribution in [0.1, 0.15) is 30.0 Å². The van der Waals surface area contributed by atoms with Gasteiger partial charge in [-0.15, -0.1) is 0 Å². The van der Waals surface area contributed by atoms with E-state index in [2.05, 4.69) is 22.0 Å². The van der Waals surface area contributed by atoms with E-state index in [0.29, 0.717) is 22.9 Å². The Labute approximate surface area is 183 Å². The smallest absolute Gasteiger partial charge is 0.319 e. The number of aromatic hydroxyl groups is 1. The van der Waals surface area contributed by atoms with Crippen LogP contribution in [0, 0.1) is 11.3 Å². The van der Waals surface area contributed by atoms with Gasteiger partial charge in [-0.3, -0.25) is 14.9 Å². The van der Waals surface area contributed by atoms with Crippen molar-refractivity contribution < 1.29 is 19.5 Å². The SMILES string of the molecule is N#CCc1cccc(NC(=O)NCc2cccc3c(O)n(C4CCC(=O)NC4=O)cc23)c1. The molecule has 1 saturated heterocycles. The first-order valence-corrected chi connectivity index (χ1v) is 10.1. The van der Waals surface area contributed by atoms with E-state index in [1.165, 1.54) is 4.57 Å². The number of rotatable bonds is 5. The van der Waals surface area contributed by atoms with Gasteiger partial charge >= 0.3 is 6.03 Å². The maximum atomic E-state index is 12.4. The molecule has 2 aromatic carbocycles. The summed E-state index contributed by atoms with van der Waals surface area (Å²) in [5, 5.41) is 28.6. The number of piperidine rings is 1. The first kappa shape index (κ1) is 20.9. The van der Waals surface area contributed by atoms with E-state index in [-0.39, 0.29) is 31.2 Å². The van der Waals surface area contributed by atoms with Crippen LogP contribution in [0.5, 0.6) is 5.88 Å². The van der Waals surface area contributed by atoms with Gasteiger partial charge in [-0.1, -0.05) is 24.3 Å². The van der Waals surface area contributed by atoms with Crippen molar-refractivity contribution in [3.63, 3.8) is 0 Å². The minimum Gasteiger partial charge on any atom is -0.494 e. The highest BCUT2D eigenvalue weighted by Crippen LogP contribution is 2.34. The predicted octanol–water partition coefficient (Wildman–Crippen LogP) is 2.71. The fraction of sp³-hybridized carbons (Fsp3) is 0.217. The van der Waals surface area contributed by atoms with E-state index in [0.717, 1.165) is 11.1 Å². The van der Waals surface area contributed by atoms with E-state index < -0.39 is 18.0 Å². The third-order valence-electron chi connectivity index (χ3n) is 5.40. The van der Waals surface area contributed by atoms with Crippen LogP contribution in [0.2, 0.25) is 0 Å². The molecule has 0 spiro atoms. The zero-order valence-corrected chi connectivity index (χ0v) is 17.1. The molecule has 1 aromatic heterocycles. The lowest BCUT2D eigenvalue weighted by atomic mass is 10.1. The Morgan fingerprint density at radius 3 is 2.81 bits per heavy atom. The number of hydrogen-bond acceptors (Lipinski definition) is 5. The van der Waals surface area contributed by atoms with Crippen LogP contribution in [-0.4, -0.2) is 27.5 Å². The molecule has 1 atom stereocenters. The molecule has 2 heterocycles. The number of imide groups is 1. The normalized spacial score (nSPS) is 15.8. The van der Waals surface area contributed by atoms with Crippen LogP contribution in [0.4, 0.5) is 10.5 Å². The van der Waals surface area contributed by atoms with Gasteiger partial charge in [0.25, 0.3) is 0 Å². The highest BCUT2D eigenvalue weighted by atomic mass is 16.3. The number of aromatic nitrogens is 1. The summed E-state index contributed by atoms with van der Waals surface area (Å²) in [7, 11) is 0. The molecule has 9 nitrogen and oxygen atoms in total. The van der Waals surface area contributed by atoms with Gasteiger partial charge < -0.3 is 20.3 Å². The molecule has 32 heavy (non-hydrogen) atoms. The van der Waals surface area contributed by atoms with E-state index in [4.69, 9.17) is 5.26 Å². The van der Waals surface area contributed by atoms with Crippen LogP contribution >= 0.6 is 0 Å². The van der Waals surface area contributed by atoms with Gasteiger partial charge in [0, 0.05) is 35.6 Å². The lowest BCUT2D eigenvalue weighted by Crippen LogP contribution is -2.41. The summed E-state index contributed by atoms with van der Waals surface area (Å²) in [6.07, 6.45) is 2.44. The molecule has 4 N–H and O–H groups in total. The summed E-state index contributed by atoms with van der Waals surface area (Å²) >= 11 is 0. The zero-order valence-electron chi connectivity index (χ0n) is 17.1. The molecule has 162 valence electrons. The maximum Gasteiger partial charge on any atom is 0.319 e. The highest BCUT2D eigenvalue weighted by molar-refractivity contribution is 6.00. The molecule has 4 amide bonds. The number of carbonyl (C=O) groups is 3. The van der Waals surface area contributed by atoms with Gasteiger partial charge in [0.15, 0.2) is 5.88 Å². The fourth-order valence-corrected chi connectivity index (χ4v) is 3.84. The largest absolute Gasteiger partial charge is 0.494 e. The summed E-state index contributed by atoms with van der Waals surface area (Å²) in [4.78, 5) is 36.0. The molecule has 1 fully saturated rings. The Hall–Kier alpha value is -4.32. The van der Waals surface area contributed by atoms with Crippen LogP contribution in [0.15, 0.2) is 48.7 Å². The topological polar surface area (TPSA) is 136 Å². The highest BCUT2D eigenvalue weighted by Gasteiger charge is 2.30. The first-order valence-electron chi connectivity index (χ1n) is 10.1. The van der Waals surface area contributed by atoms with Crippen LogP contribution in [-0.2, 0) is 22.6 Å². The summed E-state index contributed by atoms with van der Waals surface area (Å²) < 4.78 is 1.47. The molecule has 0 saturated carbocycles. The van der Waals surface area contributed by atoms with E-state index >= 15 is 0 Å². The Kier molecular flexibility index (Phi) is 5.77. The van der Waals surface area contributed by atoms with Gasteiger partial charge in [-0.2, -0.15) is 5.26 Å². The van der Waals surface area contributed by atoms with Crippen molar-refractivity contribution in [3.8, 4) is 11.9 Å². The number of nitriles is 1. The second-order valence-electron chi connectivity index (χ2n) is 7.55. The minimum absolute atomic E-state index is 0.0601. The average Bonchev–Trinajstić information content (AvgIpc) is 3.10. The van der Waals surface area contributed by atoms with Crippen molar-refractivity contribution in [2.24, 2.45) is 0 Å². The number of nitrogens with zero attached hydrogens (tertiary/aromatic N) is 2. The number of fused-ring (bicyclic) bond motifs is 1. The molecule has 1 aliphatic rings. The second-order valence-corrected chi connectivity index (χ2v) is 7.55. The monoisotopic (exact) mass is 431 g/mol. The molecule has 1 aliphatic heterocycles. The number of carbonyl (C=O) groups excluding carboxylic acids is 3. The van der Waals surface area contributed by atoms with Gasteiger partial charge in [0.05, 0.1) is 12.5 Å². The number of amides is 4. The zero-order chi connectivity index (χ0) is 22.7. The predicted molar refractivity (Wildman–Crippen MR) is 117 cm³/mol. The average molecular weight is 431 g/mol. The molecule has 3 aromatic rings. The molecule has 0 aliphatic carbocycles. The molecule has 4 rings (SSSR count). The summed E-state index contributed by atoms with van der Waals surface area (Å²) in [6, 6.07) is 13.4. The number of anilines is 1. The van der Waals surface area contributed by atoms with Crippen molar-refractivity contribution in [3.05, 3.63) is 59.8 Å². The van der Waals surface area contributed by atoms with E-state index in [1.807, 2.05) is 12.1 Å². The third kappa shape index (κ3) is 4.25. The fourth-order valence-electron chi connectivity index (χ4n) is 3.84. The molecular weight excluding hydrogens is 410 g/mol. The Balaban J connectivity index is 1.49. The van der Waals surface area contributed by atoms with Crippen molar-refractivity contribution in [1.82, 2.24) is 15.2 Å². The summed E-state index contributed by atoms with van der Waals surface area (Å²) in [6.45, 7) is 0.194. The number of nitrogens with one attached hydrogen (secondary N) is 3. The van der Waals surface area contributed by atoms with Crippen molar-refractivity contribution in [1.29, 1.82) is 5.26 Å². The van der Waals surface area contributed by atoms with Gasteiger partial charge in [0.1, 0.15) is 6.04 Å². The number of urea groups is 1. The van der Waals surface area contributed by atoms with Gasteiger partial charge in [-0.25, -0.2) is 4.79 Å². The lowest BCUT2D eigenvalue weighted by Gasteiger charge is -2.22. The standard InChI is InChI=1S/C23H21N5O4/c24-10-9-14-3-1-5-16(11-14)26-23(32)25-12-15-4-2-6-17-18(15)13-28(22(17)31)19-7-8-20(29)27-21(19)30/h1-6,11,13,19,31H,7-9,12H2,(H2,25,26,32)(H,27,29,30). The maximum absolute atomic E-state index is 12.4. The minimum atomic E-state index is -0.676. The molecule has 0 radical (unpaired) electrons. The summed E-state index contributed by atoms with van der Waals surface area (Å²) in [5.74, 6) is -0.832. The van der Waals surface area contributed by atoms with Crippen LogP contribution in [0.25, 0.3) is 10.8 Å². The Bertz CT molecular complexity index is 1260. The molecule has 9 heteroatoms. The number of hydrogen-bond donors (Lipinski definition) is 4. The third-order valence-corrected chi connectivity index (χ3v) is 5.40. The quantitative estimate of drug-likeness (QED) is 0.461. The van der Waals surface area contributed by atoms with Gasteiger partial charge in [0.2, 0.25) is 11.8 Å². The van der Waals surface area contributed by atoms with Crippen LogP contribution < -0.4 is 16.0 Å². The van der Waals surface area contributed by atoms with E-state index in [9.17, 15) is 19.5 Å². The Morgan fingerprint density at radius 2 is 2.03 bits per heavy atom. The van der Waals surface area contributed by atoms with Crippen molar-refractivity contribution in [2.45, 2.75) is 31.8 Å². The number of benzene rings is 2. The molecule has 1 unspecified atom stereocenters. The van der Waals surface area contributed by atoms with Gasteiger partial charge in [-0.05, 0) is 35.7 Å². The van der Waals surface area contributed by atoms with Crippen molar-refractivity contribution in [2.75, 3.05) is 5.32 Å². The van der Waals surface area contributed by atoms with Crippen LogP contribution in [0.3, 0.4) is 0 Å². The summed E-state index contributed by atoms with van der Waals surface area (Å²) in [5.41, 5.74) is 2.15. The first-order chi connectivity index (χ1) is 15.5. The lowest BCUT2D eigenvalue weighted by molar-refractivity contribution is -0.135. The molecule has 0 bridgehead atoms. The van der Waals surface area contributed by atoms with E-state index in [1.54, 1.807) is 36.5 Å². The van der Waals surface area contributed by atoms with Crippen molar-refractivity contribution >= 4 is 34.3 Å².